The Bertz CT molecular complexity index is 618. The monoisotopic (exact) mass is 410 g/mol. The van der Waals surface area contributed by atoms with Crippen LogP contribution in [0.25, 0.3) is 0 Å². The normalized spacial score (nSPS) is 19.8. The van der Waals surface area contributed by atoms with Gasteiger partial charge in [-0.15, -0.1) is 0 Å². The molecule has 2 N–H and O–H groups in total. The number of nitrogens with one attached hydrogen (secondary N) is 2. The lowest BCUT2D eigenvalue weighted by Gasteiger charge is -2.29. The van der Waals surface area contributed by atoms with Crippen molar-refractivity contribution in [3.8, 4) is 0 Å². The van der Waals surface area contributed by atoms with Gasteiger partial charge in [0.1, 0.15) is 6.54 Å². The second-order valence-electron chi connectivity index (χ2n) is 6.29. The van der Waals surface area contributed by atoms with Gasteiger partial charge < -0.3 is 15.4 Å². The smallest absolute Gasteiger partial charge is 0.325 e. The summed E-state index contributed by atoms with van der Waals surface area (Å²) in [5.74, 6) is -0.868. The molecule has 1 fully saturated rings. The molecule has 0 aliphatic heterocycles. The summed E-state index contributed by atoms with van der Waals surface area (Å²) in [7, 11) is 0. The highest BCUT2D eigenvalue weighted by molar-refractivity contribution is 9.10. The largest absolute Gasteiger partial charge is 0.454 e. The predicted molar refractivity (Wildman–Crippen MR) is 97.0 cm³/mol. The van der Waals surface area contributed by atoms with Gasteiger partial charge in [0, 0.05) is 16.1 Å². The summed E-state index contributed by atoms with van der Waals surface area (Å²) >= 11 is 3.29. The Balaban J connectivity index is 1.67. The zero-order valence-corrected chi connectivity index (χ0v) is 15.8. The number of hydrogen-bond donors (Lipinski definition) is 2. The van der Waals surface area contributed by atoms with E-state index in [1.165, 1.54) is 6.42 Å². The van der Waals surface area contributed by atoms with E-state index in [-0.39, 0.29) is 31.0 Å². The summed E-state index contributed by atoms with van der Waals surface area (Å²) in [5, 5.41) is 5.38. The fourth-order valence-corrected chi connectivity index (χ4v) is 3.10. The van der Waals surface area contributed by atoms with E-state index in [4.69, 9.17) is 4.74 Å². The molecule has 0 heterocycles. The molecule has 0 spiro atoms. The van der Waals surface area contributed by atoms with Crippen molar-refractivity contribution in [3.63, 3.8) is 0 Å². The summed E-state index contributed by atoms with van der Waals surface area (Å²) in [6.07, 6.45) is 4.37. The average molecular weight is 411 g/mol. The van der Waals surface area contributed by atoms with Gasteiger partial charge in [-0.05, 0) is 43.0 Å². The number of carbonyl (C=O) groups is 3. The van der Waals surface area contributed by atoms with Crippen LogP contribution >= 0.6 is 15.9 Å². The van der Waals surface area contributed by atoms with Gasteiger partial charge in [0.05, 0.1) is 0 Å². The molecule has 2 atom stereocenters. The number of hydrogen-bond acceptors (Lipinski definition) is 4. The van der Waals surface area contributed by atoms with Gasteiger partial charge in [-0.3, -0.25) is 14.4 Å². The van der Waals surface area contributed by atoms with Crippen LogP contribution in [0.2, 0.25) is 0 Å². The van der Waals surface area contributed by atoms with Gasteiger partial charge in [0.2, 0.25) is 0 Å². The topological polar surface area (TPSA) is 84.5 Å². The zero-order chi connectivity index (χ0) is 18.2. The molecule has 1 saturated carbocycles. The van der Waals surface area contributed by atoms with Crippen LogP contribution < -0.4 is 10.6 Å². The lowest BCUT2D eigenvalue weighted by molar-refractivity contribution is -0.147. The Morgan fingerprint density at radius 3 is 2.52 bits per heavy atom. The fraction of sp³-hybridized carbons (Fsp3) is 0.500. The molecule has 2 amide bonds. The molecule has 1 aliphatic rings. The van der Waals surface area contributed by atoms with E-state index in [2.05, 4.69) is 33.5 Å². The number of amides is 2. The van der Waals surface area contributed by atoms with Crippen molar-refractivity contribution in [2.24, 2.45) is 5.92 Å². The Hall–Kier alpha value is -1.89. The van der Waals surface area contributed by atoms with E-state index < -0.39 is 5.97 Å². The van der Waals surface area contributed by atoms with Crippen LogP contribution in [0.1, 0.15) is 43.0 Å². The zero-order valence-electron chi connectivity index (χ0n) is 14.2. The van der Waals surface area contributed by atoms with Crippen LogP contribution in [-0.2, 0) is 14.3 Å². The highest BCUT2D eigenvalue weighted by Gasteiger charge is 2.23. The van der Waals surface area contributed by atoms with Crippen LogP contribution in [-0.4, -0.2) is 37.0 Å². The molecule has 1 aliphatic carbocycles. The first-order valence-electron chi connectivity index (χ1n) is 8.44. The predicted octanol–water partition coefficient (Wildman–Crippen LogP) is 2.42. The molecule has 6 nitrogen and oxygen atoms in total. The quantitative estimate of drug-likeness (QED) is 0.705. The second-order valence-corrected chi connectivity index (χ2v) is 7.20. The van der Waals surface area contributed by atoms with E-state index in [1.807, 2.05) is 0 Å². The number of halogens is 1. The minimum absolute atomic E-state index is 0.150. The van der Waals surface area contributed by atoms with Gasteiger partial charge in [0.15, 0.2) is 6.61 Å². The minimum Gasteiger partial charge on any atom is -0.454 e. The molecule has 1 aromatic rings. The average Bonchev–Trinajstić information content (AvgIpc) is 2.60. The van der Waals surface area contributed by atoms with Crippen LogP contribution in [0.15, 0.2) is 28.7 Å². The van der Waals surface area contributed by atoms with Gasteiger partial charge in [-0.25, -0.2) is 0 Å². The van der Waals surface area contributed by atoms with E-state index in [9.17, 15) is 14.4 Å². The highest BCUT2D eigenvalue weighted by Crippen LogP contribution is 2.23. The van der Waals surface area contributed by atoms with Crippen LogP contribution in [0.3, 0.4) is 0 Å². The maximum absolute atomic E-state index is 11.9. The molecular weight excluding hydrogens is 388 g/mol. The molecule has 136 valence electrons. The minimum atomic E-state index is -0.641. The van der Waals surface area contributed by atoms with Gasteiger partial charge >= 0.3 is 5.97 Å². The molecule has 0 radical (unpaired) electrons. The Kier molecular flexibility index (Phi) is 7.43. The Labute approximate surface area is 155 Å². The summed E-state index contributed by atoms with van der Waals surface area (Å²) in [5.41, 5.74) is 0.444. The standard InChI is InChI=1S/C18H23BrN2O4/c1-12-4-2-3-5-15(12)21-16(22)11-25-17(23)10-20-18(24)13-6-8-14(19)9-7-13/h6-9,12,15H,2-5,10-11H2,1H3,(H,20,24)(H,21,22)/t12-,15+/m1/s1. The first kappa shape index (κ1) is 19.4. The molecular formula is C18H23BrN2O4. The van der Waals surface area contributed by atoms with Gasteiger partial charge in [-0.1, -0.05) is 35.7 Å². The van der Waals surface area contributed by atoms with E-state index >= 15 is 0 Å². The first-order chi connectivity index (χ1) is 12.0. The van der Waals surface area contributed by atoms with Crippen molar-refractivity contribution in [2.45, 2.75) is 38.6 Å². The lowest BCUT2D eigenvalue weighted by atomic mass is 9.86. The second kappa shape index (κ2) is 9.56. The van der Waals surface area contributed by atoms with Crippen molar-refractivity contribution in [3.05, 3.63) is 34.3 Å². The van der Waals surface area contributed by atoms with Crippen molar-refractivity contribution in [1.82, 2.24) is 10.6 Å². The summed E-state index contributed by atoms with van der Waals surface area (Å²) in [4.78, 5) is 35.4. The molecule has 0 saturated heterocycles. The summed E-state index contributed by atoms with van der Waals surface area (Å²) in [6.45, 7) is 1.52. The van der Waals surface area contributed by atoms with E-state index in [1.54, 1.807) is 24.3 Å². The molecule has 2 rings (SSSR count). The molecule has 0 bridgehead atoms. The van der Waals surface area contributed by atoms with E-state index in [0.29, 0.717) is 11.5 Å². The lowest BCUT2D eigenvalue weighted by Crippen LogP contribution is -2.43. The number of esters is 1. The van der Waals surface area contributed by atoms with Crippen molar-refractivity contribution in [1.29, 1.82) is 0 Å². The maximum atomic E-state index is 11.9. The maximum Gasteiger partial charge on any atom is 0.325 e. The third kappa shape index (κ3) is 6.49. The Morgan fingerprint density at radius 2 is 1.84 bits per heavy atom. The highest BCUT2D eigenvalue weighted by atomic mass is 79.9. The number of benzene rings is 1. The van der Waals surface area contributed by atoms with Gasteiger partial charge in [0.25, 0.3) is 11.8 Å². The molecule has 0 unspecified atom stereocenters. The van der Waals surface area contributed by atoms with Crippen LogP contribution in [0.5, 0.6) is 0 Å². The van der Waals surface area contributed by atoms with Crippen molar-refractivity contribution < 1.29 is 19.1 Å². The molecule has 7 heteroatoms. The molecule has 25 heavy (non-hydrogen) atoms. The summed E-state index contributed by atoms with van der Waals surface area (Å²) < 4.78 is 5.78. The summed E-state index contributed by atoms with van der Waals surface area (Å²) in [6, 6.07) is 6.91. The van der Waals surface area contributed by atoms with Crippen LogP contribution in [0, 0.1) is 5.92 Å². The first-order valence-corrected chi connectivity index (χ1v) is 9.24. The third-order valence-corrected chi connectivity index (χ3v) is 4.85. The van der Waals surface area contributed by atoms with Crippen molar-refractivity contribution in [2.75, 3.05) is 13.2 Å². The van der Waals surface area contributed by atoms with Crippen LogP contribution in [0.4, 0.5) is 0 Å². The fourth-order valence-electron chi connectivity index (χ4n) is 2.83. The number of rotatable bonds is 6. The molecule has 1 aromatic carbocycles. The Morgan fingerprint density at radius 1 is 1.16 bits per heavy atom. The third-order valence-electron chi connectivity index (χ3n) is 4.32. The van der Waals surface area contributed by atoms with Crippen molar-refractivity contribution >= 4 is 33.7 Å². The number of carbonyl (C=O) groups excluding carboxylic acids is 3. The van der Waals surface area contributed by atoms with Gasteiger partial charge in [-0.2, -0.15) is 0 Å². The molecule has 0 aromatic heterocycles. The number of ether oxygens (including phenoxy) is 1. The van der Waals surface area contributed by atoms with E-state index in [0.717, 1.165) is 23.7 Å². The SMILES string of the molecule is C[C@@H]1CCCC[C@@H]1NC(=O)COC(=O)CNC(=O)c1ccc(Br)cc1.